The van der Waals surface area contributed by atoms with Gasteiger partial charge in [-0.15, -0.1) is 0 Å². The average Bonchev–Trinajstić information content (AvgIpc) is 2.79. The number of anilines is 1. The summed E-state index contributed by atoms with van der Waals surface area (Å²) < 4.78 is 27.0. The maximum Gasteiger partial charge on any atom is 0.265 e. The number of nitrogens with zero attached hydrogens (tertiary/aromatic N) is 1. The topological polar surface area (TPSA) is 74.8 Å². The summed E-state index contributed by atoms with van der Waals surface area (Å²) in [5, 5.41) is 6.54. The van der Waals surface area contributed by atoms with Crippen LogP contribution in [0.15, 0.2) is 33.9 Å². The fraction of sp³-hybridized carbons (Fsp3) is 0.100. The van der Waals surface area contributed by atoms with Gasteiger partial charge in [0.25, 0.3) is 10.0 Å². The van der Waals surface area contributed by atoms with Gasteiger partial charge in [0.15, 0.2) is 0 Å². The SMILES string of the molecule is Cc1cc(Br)c(NS(=O)(=O)c2cn[nH]c2)cc1Cl. The predicted octanol–water partition coefficient (Wildman–Crippen LogP) is 2.93. The zero-order valence-corrected chi connectivity index (χ0v) is 12.4. The molecule has 2 rings (SSSR count). The molecule has 0 unspecified atom stereocenters. The van der Waals surface area contributed by atoms with Crippen LogP contribution >= 0.6 is 27.5 Å². The van der Waals surface area contributed by atoms with E-state index in [1.807, 2.05) is 6.92 Å². The van der Waals surface area contributed by atoms with E-state index in [0.29, 0.717) is 15.2 Å². The van der Waals surface area contributed by atoms with Crippen LogP contribution in [-0.2, 0) is 10.0 Å². The summed E-state index contributed by atoms with van der Waals surface area (Å²) in [7, 11) is -3.65. The van der Waals surface area contributed by atoms with Crippen LogP contribution in [0.25, 0.3) is 0 Å². The number of rotatable bonds is 3. The summed E-state index contributed by atoms with van der Waals surface area (Å²) in [5.41, 5.74) is 1.24. The molecule has 1 heterocycles. The Hall–Kier alpha value is -1.05. The van der Waals surface area contributed by atoms with Crippen molar-refractivity contribution in [2.45, 2.75) is 11.8 Å². The van der Waals surface area contributed by atoms with Gasteiger partial charge in [0.05, 0.1) is 11.9 Å². The summed E-state index contributed by atoms with van der Waals surface area (Å²) in [6, 6.07) is 3.30. The van der Waals surface area contributed by atoms with Crippen molar-refractivity contribution in [3.8, 4) is 0 Å². The van der Waals surface area contributed by atoms with Gasteiger partial charge in [0, 0.05) is 15.7 Å². The van der Waals surface area contributed by atoms with Crippen molar-refractivity contribution in [3.05, 3.63) is 39.6 Å². The number of hydrogen-bond acceptors (Lipinski definition) is 3. The van der Waals surface area contributed by atoms with Crippen molar-refractivity contribution in [2.75, 3.05) is 4.72 Å². The number of nitrogens with one attached hydrogen (secondary N) is 2. The van der Waals surface area contributed by atoms with Crippen LogP contribution in [0.1, 0.15) is 5.56 Å². The molecule has 1 aromatic carbocycles. The van der Waals surface area contributed by atoms with Gasteiger partial charge in [0.1, 0.15) is 4.90 Å². The van der Waals surface area contributed by atoms with Crippen LogP contribution < -0.4 is 4.72 Å². The highest BCUT2D eigenvalue weighted by atomic mass is 79.9. The van der Waals surface area contributed by atoms with Crippen LogP contribution in [0, 0.1) is 6.92 Å². The Morgan fingerprint density at radius 1 is 1.44 bits per heavy atom. The van der Waals surface area contributed by atoms with E-state index >= 15 is 0 Å². The van der Waals surface area contributed by atoms with Gasteiger partial charge in [-0.25, -0.2) is 8.42 Å². The van der Waals surface area contributed by atoms with Crippen molar-refractivity contribution in [3.63, 3.8) is 0 Å². The van der Waals surface area contributed by atoms with Crippen LogP contribution in [0.5, 0.6) is 0 Å². The summed E-state index contributed by atoms with van der Waals surface area (Å²) in [4.78, 5) is 0.0612. The molecular formula is C10H9BrClN3O2S. The first-order valence-electron chi connectivity index (χ1n) is 4.87. The summed E-state index contributed by atoms with van der Waals surface area (Å²) in [6.45, 7) is 1.83. The quantitative estimate of drug-likeness (QED) is 0.893. The maximum absolute atomic E-state index is 12.0. The van der Waals surface area contributed by atoms with E-state index in [-0.39, 0.29) is 4.90 Å². The lowest BCUT2D eigenvalue weighted by Gasteiger charge is -2.10. The molecule has 2 aromatic rings. The highest BCUT2D eigenvalue weighted by Gasteiger charge is 2.17. The van der Waals surface area contributed by atoms with Gasteiger partial charge in [-0.3, -0.25) is 9.82 Å². The number of aromatic amines is 1. The zero-order valence-electron chi connectivity index (χ0n) is 9.24. The number of halogens is 2. The zero-order chi connectivity index (χ0) is 13.3. The van der Waals surface area contributed by atoms with Crippen LogP contribution in [-0.4, -0.2) is 18.6 Å². The molecule has 0 saturated heterocycles. The molecule has 0 fully saturated rings. The van der Waals surface area contributed by atoms with Gasteiger partial charge < -0.3 is 0 Å². The summed E-state index contributed by atoms with van der Waals surface area (Å²) in [6.07, 6.45) is 2.53. The predicted molar refractivity (Wildman–Crippen MR) is 73.3 cm³/mol. The molecule has 0 saturated carbocycles. The van der Waals surface area contributed by atoms with E-state index in [2.05, 4.69) is 30.8 Å². The Balaban J connectivity index is 2.39. The molecule has 0 amide bonds. The molecule has 0 aliphatic rings. The first-order chi connectivity index (χ1) is 8.40. The number of sulfonamides is 1. The minimum Gasteiger partial charge on any atom is -0.284 e. The lowest BCUT2D eigenvalue weighted by Crippen LogP contribution is -2.12. The number of H-pyrrole nitrogens is 1. The minimum atomic E-state index is -3.65. The molecule has 96 valence electrons. The van der Waals surface area contributed by atoms with Crippen molar-refractivity contribution >= 4 is 43.2 Å². The molecule has 1 aromatic heterocycles. The molecule has 8 heteroatoms. The highest BCUT2D eigenvalue weighted by molar-refractivity contribution is 9.10. The normalized spacial score (nSPS) is 11.5. The van der Waals surface area contributed by atoms with Gasteiger partial charge in [-0.05, 0) is 40.5 Å². The molecule has 0 bridgehead atoms. The van der Waals surface area contributed by atoms with E-state index in [1.165, 1.54) is 12.4 Å². The Morgan fingerprint density at radius 2 is 2.17 bits per heavy atom. The summed E-state index contributed by atoms with van der Waals surface area (Å²) >= 11 is 9.25. The van der Waals surface area contributed by atoms with E-state index < -0.39 is 10.0 Å². The molecule has 5 nitrogen and oxygen atoms in total. The summed E-state index contributed by atoms with van der Waals surface area (Å²) in [5.74, 6) is 0. The van der Waals surface area contributed by atoms with Gasteiger partial charge in [0.2, 0.25) is 0 Å². The van der Waals surface area contributed by atoms with E-state index in [9.17, 15) is 8.42 Å². The third-order valence-corrected chi connectivity index (χ3v) is 4.67. The smallest absolute Gasteiger partial charge is 0.265 e. The molecule has 0 aliphatic carbocycles. The van der Waals surface area contributed by atoms with E-state index in [4.69, 9.17) is 11.6 Å². The average molecular weight is 351 g/mol. The van der Waals surface area contributed by atoms with Crippen molar-refractivity contribution in [1.82, 2.24) is 10.2 Å². The molecular weight excluding hydrogens is 342 g/mol. The van der Waals surface area contributed by atoms with Crippen molar-refractivity contribution in [2.24, 2.45) is 0 Å². The van der Waals surface area contributed by atoms with Gasteiger partial charge >= 0.3 is 0 Å². The lowest BCUT2D eigenvalue weighted by molar-refractivity contribution is 0.601. The van der Waals surface area contributed by atoms with E-state index in [0.717, 1.165) is 5.56 Å². The minimum absolute atomic E-state index is 0.0612. The Bertz CT molecular complexity index is 671. The lowest BCUT2D eigenvalue weighted by atomic mass is 10.2. The van der Waals surface area contributed by atoms with Gasteiger partial charge in [-0.1, -0.05) is 11.6 Å². The Kier molecular flexibility index (Phi) is 3.65. The first kappa shape index (κ1) is 13.4. The molecule has 2 N–H and O–H groups in total. The number of benzene rings is 1. The van der Waals surface area contributed by atoms with Crippen LogP contribution in [0.2, 0.25) is 5.02 Å². The number of aromatic nitrogens is 2. The van der Waals surface area contributed by atoms with Crippen LogP contribution in [0.3, 0.4) is 0 Å². The Labute approximate surface area is 118 Å². The third kappa shape index (κ3) is 2.68. The second-order valence-electron chi connectivity index (χ2n) is 3.62. The van der Waals surface area contributed by atoms with Crippen molar-refractivity contribution in [1.29, 1.82) is 0 Å². The standard InChI is InChI=1S/C10H9BrClN3O2S/c1-6-2-8(11)10(3-9(6)12)15-18(16,17)7-4-13-14-5-7/h2-5,15H,1H3,(H,13,14). The fourth-order valence-corrected chi connectivity index (χ4v) is 3.14. The largest absolute Gasteiger partial charge is 0.284 e. The highest BCUT2D eigenvalue weighted by Crippen LogP contribution is 2.30. The van der Waals surface area contributed by atoms with E-state index in [1.54, 1.807) is 12.1 Å². The second kappa shape index (κ2) is 4.91. The third-order valence-electron chi connectivity index (χ3n) is 2.28. The van der Waals surface area contributed by atoms with Crippen molar-refractivity contribution < 1.29 is 8.42 Å². The van der Waals surface area contributed by atoms with Gasteiger partial charge in [-0.2, -0.15) is 5.10 Å². The molecule has 0 atom stereocenters. The number of hydrogen-bond donors (Lipinski definition) is 2. The molecule has 18 heavy (non-hydrogen) atoms. The Morgan fingerprint density at radius 3 is 2.78 bits per heavy atom. The first-order valence-corrected chi connectivity index (χ1v) is 7.53. The number of aryl methyl sites for hydroxylation is 1. The maximum atomic E-state index is 12.0. The fourth-order valence-electron chi connectivity index (χ4n) is 1.31. The molecule has 0 spiro atoms. The van der Waals surface area contributed by atoms with Crippen LogP contribution in [0.4, 0.5) is 5.69 Å². The molecule has 0 aliphatic heterocycles. The molecule has 0 radical (unpaired) electrons. The monoisotopic (exact) mass is 349 g/mol. The second-order valence-corrected chi connectivity index (χ2v) is 6.56.